The van der Waals surface area contributed by atoms with Gasteiger partial charge >= 0.3 is 6.03 Å². The lowest BCUT2D eigenvalue weighted by Gasteiger charge is -2.08. The summed E-state index contributed by atoms with van der Waals surface area (Å²) in [5.41, 5.74) is 3.13. The second-order valence-electron chi connectivity index (χ2n) is 5.74. The molecule has 4 amide bonds. The minimum absolute atomic E-state index is 0.0731. The van der Waals surface area contributed by atoms with E-state index >= 15 is 0 Å². The number of amides is 4. The molecule has 1 fully saturated rings. The van der Waals surface area contributed by atoms with E-state index in [0.29, 0.717) is 18.0 Å². The fourth-order valence-electron chi connectivity index (χ4n) is 2.86. The fraction of sp³-hybridized carbons (Fsp3) is 0.312. The smallest absolute Gasteiger partial charge is 0.322 e. The standard InChI is InChI=1S/C16H17ClN4O3/c1-8-10(11-6-9(17)2-3-12(11)19-8)4-5-18-14(22)7-13-15(23)21-16(24)20-13/h2-3,6,13,19H,4-5,7H2,1H3,(H,18,22)(H2,20,21,23,24). The van der Waals surface area contributed by atoms with E-state index in [0.717, 1.165) is 22.2 Å². The van der Waals surface area contributed by atoms with E-state index in [1.807, 2.05) is 25.1 Å². The topological polar surface area (TPSA) is 103 Å². The van der Waals surface area contributed by atoms with Crippen LogP contribution in [-0.2, 0) is 16.0 Å². The Hall–Kier alpha value is -2.54. The SMILES string of the molecule is Cc1[nH]c2ccc(Cl)cc2c1CCNC(=O)CC1NC(=O)NC1=O. The number of carbonyl (C=O) groups is 3. The summed E-state index contributed by atoms with van der Waals surface area (Å²) in [6.45, 7) is 2.41. The summed E-state index contributed by atoms with van der Waals surface area (Å²) in [7, 11) is 0. The number of H-pyrrole nitrogens is 1. The maximum Gasteiger partial charge on any atom is 0.322 e. The summed E-state index contributed by atoms with van der Waals surface area (Å²) >= 11 is 6.05. The molecule has 0 radical (unpaired) electrons. The number of hydrogen-bond acceptors (Lipinski definition) is 3. The van der Waals surface area contributed by atoms with Gasteiger partial charge in [-0.2, -0.15) is 0 Å². The average molecular weight is 349 g/mol. The van der Waals surface area contributed by atoms with Gasteiger partial charge in [-0.15, -0.1) is 0 Å². The molecule has 1 saturated heterocycles. The number of benzene rings is 1. The summed E-state index contributed by atoms with van der Waals surface area (Å²) in [5.74, 6) is -0.759. The minimum Gasteiger partial charge on any atom is -0.358 e. The molecule has 1 aromatic heterocycles. The van der Waals surface area contributed by atoms with E-state index in [4.69, 9.17) is 11.6 Å². The normalized spacial score (nSPS) is 17.0. The van der Waals surface area contributed by atoms with E-state index in [-0.39, 0.29) is 12.3 Å². The third-order valence-corrected chi connectivity index (χ3v) is 4.26. The summed E-state index contributed by atoms with van der Waals surface area (Å²) < 4.78 is 0. The molecule has 0 spiro atoms. The second-order valence-corrected chi connectivity index (χ2v) is 6.17. The number of rotatable bonds is 5. The quantitative estimate of drug-likeness (QED) is 0.614. The summed E-state index contributed by atoms with van der Waals surface area (Å²) in [6, 6.07) is 4.28. The molecule has 126 valence electrons. The summed E-state index contributed by atoms with van der Waals surface area (Å²) in [4.78, 5) is 37.6. The van der Waals surface area contributed by atoms with Crippen molar-refractivity contribution in [3.63, 3.8) is 0 Å². The van der Waals surface area contributed by atoms with Gasteiger partial charge in [0.1, 0.15) is 6.04 Å². The highest BCUT2D eigenvalue weighted by Crippen LogP contribution is 2.25. The lowest BCUT2D eigenvalue weighted by atomic mass is 10.1. The number of aryl methyl sites for hydroxylation is 1. The molecular weight excluding hydrogens is 332 g/mol. The van der Waals surface area contributed by atoms with Crippen LogP contribution in [-0.4, -0.2) is 35.4 Å². The molecule has 3 rings (SSSR count). The van der Waals surface area contributed by atoms with Crippen LogP contribution in [0.3, 0.4) is 0 Å². The number of hydrogen-bond donors (Lipinski definition) is 4. The number of carbonyl (C=O) groups excluding carboxylic acids is 3. The van der Waals surface area contributed by atoms with Gasteiger partial charge in [0.15, 0.2) is 0 Å². The molecule has 1 aliphatic rings. The number of nitrogens with one attached hydrogen (secondary N) is 4. The highest BCUT2D eigenvalue weighted by molar-refractivity contribution is 6.31. The van der Waals surface area contributed by atoms with Crippen molar-refractivity contribution < 1.29 is 14.4 Å². The number of urea groups is 1. The van der Waals surface area contributed by atoms with Crippen molar-refractivity contribution in [1.82, 2.24) is 20.9 Å². The lowest BCUT2D eigenvalue weighted by molar-refractivity contribution is -0.126. The van der Waals surface area contributed by atoms with Gasteiger partial charge in [0, 0.05) is 28.2 Å². The first-order chi connectivity index (χ1) is 11.4. The molecule has 2 aromatic rings. The maximum atomic E-state index is 11.9. The Bertz CT molecular complexity index is 830. The average Bonchev–Trinajstić information content (AvgIpc) is 2.98. The lowest BCUT2D eigenvalue weighted by Crippen LogP contribution is -2.36. The monoisotopic (exact) mass is 348 g/mol. The van der Waals surface area contributed by atoms with Gasteiger partial charge in [-0.25, -0.2) is 4.79 Å². The predicted octanol–water partition coefficient (Wildman–Crippen LogP) is 1.39. The fourth-order valence-corrected chi connectivity index (χ4v) is 3.04. The Morgan fingerprint density at radius 2 is 2.12 bits per heavy atom. The number of imide groups is 1. The minimum atomic E-state index is -0.800. The molecule has 7 nitrogen and oxygen atoms in total. The van der Waals surface area contributed by atoms with Crippen LogP contribution in [0.1, 0.15) is 17.7 Å². The number of halogens is 1. The zero-order valence-electron chi connectivity index (χ0n) is 13.0. The van der Waals surface area contributed by atoms with Crippen LogP contribution < -0.4 is 16.0 Å². The van der Waals surface area contributed by atoms with Gasteiger partial charge < -0.3 is 15.6 Å². The van der Waals surface area contributed by atoms with Gasteiger partial charge in [0.25, 0.3) is 5.91 Å². The molecule has 1 aliphatic heterocycles. The molecule has 0 saturated carbocycles. The first-order valence-electron chi connectivity index (χ1n) is 7.59. The maximum absolute atomic E-state index is 11.9. The molecule has 4 N–H and O–H groups in total. The van der Waals surface area contributed by atoms with Crippen molar-refractivity contribution in [3.05, 3.63) is 34.5 Å². The zero-order valence-corrected chi connectivity index (χ0v) is 13.8. The Labute approximate surface area is 143 Å². The van der Waals surface area contributed by atoms with Gasteiger partial charge in [-0.1, -0.05) is 11.6 Å². The van der Waals surface area contributed by atoms with E-state index in [1.165, 1.54) is 0 Å². The van der Waals surface area contributed by atoms with Crippen LogP contribution in [0.4, 0.5) is 4.79 Å². The van der Waals surface area contributed by atoms with E-state index < -0.39 is 18.0 Å². The molecular formula is C16H17ClN4O3. The molecule has 1 atom stereocenters. The molecule has 0 aliphatic carbocycles. The number of aromatic amines is 1. The van der Waals surface area contributed by atoms with E-state index in [9.17, 15) is 14.4 Å². The third kappa shape index (κ3) is 3.35. The Balaban J connectivity index is 1.58. The van der Waals surface area contributed by atoms with Crippen LogP contribution in [0, 0.1) is 6.92 Å². The Morgan fingerprint density at radius 3 is 2.83 bits per heavy atom. The van der Waals surface area contributed by atoms with Crippen molar-refractivity contribution in [1.29, 1.82) is 0 Å². The predicted molar refractivity (Wildman–Crippen MR) is 89.8 cm³/mol. The van der Waals surface area contributed by atoms with E-state index in [1.54, 1.807) is 0 Å². The van der Waals surface area contributed by atoms with Crippen LogP contribution in [0.15, 0.2) is 18.2 Å². The van der Waals surface area contributed by atoms with Gasteiger partial charge in [-0.3, -0.25) is 14.9 Å². The molecule has 2 heterocycles. The number of fused-ring (bicyclic) bond motifs is 1. The molecule has 24 heavy (non-hydrogen) atoms. The Kier molecular flexibility index (Phi) is 4.44. The van der Waals surface area contributed by atoms with Crippen LogP contribution in [0.5, 0.6) is 0 Å². The van der Waals surface area contributed by atoms with Crippen LogP contribution >= 0.6 is 11.6 Å². The Morgan fingerprint density at radius 1 is 1.33 bits per heavy atom. The third-order valence-electron chi connectivity index (χ3n) is 4.03. The van der Waals surface area contributed by atoms with Gasteiger partial charge in [0.05, 0.1) is 6.42 Å². The highest BCUT2D eigenvalue weighted by Gasteiger charge is 2.31. The zero-order chi connectivity index (χ0) is 17.3. The van der Waals surface area contributed by atoms with Crippen LogP contribution in [0.2, 0.25) is 5.02 Å². The van der Waals surface area contributed by atoms with Crippen LogP contribution in [0.25, 0.3) is 10.9 Å². The first kappa shape index (κ1) is 16.3. The molecule has 8 heteroatoms. The van der Waals surface area contributed by atoms with E-state index in [2.05, 4.69) is 20.9 Å². The molecule has 1 unspecified atom stereocenters. The highest BCUT2D eigenvalue weighted by atomic mass is 35.5. The van der Waals surface area contributed by atoms with Crippen molar-refractivity contribution in [2.75, 3.05) is 6.54 Å². The largest absolute Gasteiger partial charge is 0.358 e. The van der Waals surface area contributed by atoms with Crippen molar-refractivity contribution in [3.8, 4) is 0 Å². The first-order valence-corrected chi connectivity index (χ1v) is 7.96. The van der Waals surface area contributed by atoms with Crippen molar-refractivity contribution >= 4 is 40.3 Å². The molecule has 0 bridgehead atoms. The molecule has 1 aromatic carbocycles. The number of aromatic nitrogens is 1. The van der Waals surface area contributed by atoms with Gasteiger partial charge in [0.2, 0.25) is 5.91 Å². The second kappa shape index (κ2) is 6.52. The summed E-state index contributed by atoms with van der Waals surface area (Å²) in [5, 5.41) is 8.97. The van der Waals surface area contributed by atoms with Crippen molar-refractivity contribution in [2.24, 2.45) is 0 Å². The van der Waals surface area contributed by atoms with Crippen molar-refractivity contribution in [2.45, 2.75) is 25.8 Å². The van der Waals surface area contributed by atoms with Gasteiger partial charge in [-0.05, 0) is 37.1 Å². The summed E-state index contributed by atoms with van der Waals surface area (Å²) in [6.07, 6.45) is 0.567.